The maximum absolute atomic E-state index is 10.2. The Morgan fingerprint density at radius 2 is 2.43 bits per heavy atom. The Kier molecular flexibility index (Phi) is 2.12. The van der Waals surface area contributed by atoms with E-state index in [1.165, 1.54) is 6.92 Å². The van der Waals surface area contributed by atoms with Crippen LogP contribution >= 0.6 is 0 Å². The van der Waals surface area contributed by atoms with Crippen molar-refractivity contribution >= 4 is 0 Å². The quantitative estimate of drug-likeness (QED) is 0.767. The van der Waals surface area contributed by atoms with Gasteiger partial charge in [0.15, 0.2) is 6.29 Å². The molecule has 1 heterocycles. The highest BCUT2D eigenvalue weighted by Crippen LogP contribution is 2.19. The molecule has 0 aromatic rings. The second kappa shape index (κ2) is 5.10. The van der Waals surface area contributed by atoms with Gasteiger partial charge < -0.3 is 14.6 Å². The van der Waals surface area contributed by atoms with E-state index >= 15 is 0 Å². The summed E-state index contributed by atoms with van der Waals surface area (Å²) in [6.07, 6.45) is 2.13. The topological polar surface area (TPSA) is 38.7 Å². The van der Waals surface area contributed by atoms with Crippen LogP contribution in [-0.2, 0) is 9.47 Å². The Bertz CT molecular complexity index is 294. The minimum atomic E-state index is -3.02. The highest BCUT2D eigenvalue weighted by Gasteiger charge is 2.24. The van der Waals surface area contributed by atoms with Crippen molar-refractivity contribution in [3.8, 4) is 0 Å². The Morgan fingerprint density at radius 3 is 3.00 bits per heavy atom. The van der Waals surface area contributed by atoms with E-state index < -0.39 is 31.5 Å². The van der Waals surface area contributed by atoms with Gasteiger partial charge in [0.25, 0.3) is 0 Å². The standard InChI is InChI=1S/C11H22O3/c1-9(11(2,3)12)8-14-10-6-4-5-7-13-10/h9-10,12H,4-8H2,1-3H3/t9-,10?/m0/s1/i2D3,3D3. The maximum atomic E-state index is 10.2. The van der Waals surface area contributed by atoms with Crippen molar-refractivity contribution in [1.29, 1.82) is 0 Å². The molecule has 84 valence electrons. The van der Waals surface area contributed by atoms with Crippen LogP contribution in [0.1, 0.15) is 48.1 Å². The van der Waals surface area contributed by atoms with E-state index in [9.17, 15) is 5.11 Å². The smallest absolute Gasteiger partial charge is 0.157 e. The molecule has 3 heteroatoms. The molecule has 0 aliphatic carbocycles. The molecule has 0 bridgehead atoms. The normalized spacial score (nSPS) is 34.3. The molecule has 1 rings (SSSR count). The van der Waals surface area contributed by atoms with Gasteiger partial charge in [0.1, 0.15) is 0 Å². The molecule has 1 aliphatic rings. The summed E-state index contributed by atoms with van der Waals surface area (Å²) in [4.78, 5) is 0. The van der Waals surface area contributed by atoms with Gasteiger partial charge in [-0.15, -0.1) is 0 Å². The van der Waals surface area contributed by atoms with E-state index in [2.05, 4.69) is 0 Å². The highest BCUT2D eigenvalue weighted by atomic mass is 16.7. The Labute approximate surface area is 94.8 Å². The lowest BCUT2D eigenvalue weighted by atomic mass is 9.94. The van der Waals surface area contributed by atoms with Crippen LogP contribution in [0.5, 0.6) is 0 Å². The lowest BCUT2D eigenvalue weighted by Gasteiger charge is -2.29. The van der Waals surface area contributed by atoms with Crippen LogP contribution in [-0.4, -0.2) is 30.2 Å². The lowest BCUT2D eigenvalue weighted by Crippen LogP contribution is -2.34. The van der Waals surface area contributed by atoms with E-state index in [1.54, 1.807) is 0 Å². The van der Waals surface area contributed by atoms with E-state index in [4.69, 9.17) is 17.7 Å². The first-order valence-corrected chi connectivity index (χ1v) is 4.95. The first-order valence-electron chi connectivity index (χ1n) is 7.95. The second-order valence-corrected chi connectivity index (χ2v) is 3.80. The van der Waals surface area contributed by atoms with Gasteiger partial charge in [0.2, 0.25) is 0 Å². The third-order valence-corrected chi connectivity index (χ3v) is 2.38. The zero-order chi connectivity index (χ0) is 15.6. The lowest BCUT2D eigenvalue weighted by molar-refractivity contribution is -0.177. The molecule has 1 saturated heterocycles. The van der Waals surface area contributed by atoms with Gasteiger partial charge in [-0.05, 0) is 33.0 Å². The number of hydrogen-bond donors (Lipinski definition) is 1. The molecule has 0 saturated carbocycles. The van der Waals surface area contributed by atoms with Crippen molar-refractivity contribution in [1.82, 2.24) is 0 Å². The molecule has 1 unspecified atom stereocenters. The molecule has 14 heavy (non-hydrogen) atoms. The molecule has 1 N–H and O–H groups in total. The third kappa shape index (κ3) is 3.95. The Balaban J connectivity index is 2.72. The summed E-state index contributed by atoms with van der Waals surface area (Å²) in [5.41, 5.74) is -2.80. The number of rotatable bonds is 4. The minimum Gasteiger partial charge on any atom is -0.390 e. The summed E-state index contributed by atoms with van der Waals surface area (Å²) < 4.78 is 54.7. The van der Waals surface area contributed by atoms with Gasteiger partial charge in [-0.25, -0.2) is 0 Å². The molecule has 0 spiro atoms. The van der Waals surface area contributed by atoms with E-state index in [1.807, 2.05) is 0 Å². The fraction of sp³-hybridized carbons (Fsp3) is 1.00. The molecule has 3 nitrogen and oxygen atoms in total. The highest BCUT2D eigenvalue weighted by molar-refractivity contribution is 4.73. The fourth-order valence-electron chi connectivity index (χ4n) is 1.21. The molecular weight excluding hydrogens is 180 g/mol. The van der Waals surface area contributed by atoms with Crippen molar-refractivity contribution in [2.24, 2.45) is 5.92 Å². The van der Waals surface area contributed by atoms with Crippen LogP contribution in [0.3, 0.4) is 0 Å². The van der Waals surface area contributed by atoms with E-state index in [-0.39, 0.29) is 6.61 Å². The minimum absolute atomic E-state index is 0.183. The summed E-state index contributed by atoms with van der Waals surface area (Å²) in [5.74, 6) is -1.08. The molecule has 1 aliphatic heterocycles. The average molecular weight is 208 g/mol. The Hall–Kier alpha value is -0.120. The van der Waals surface area contributed by atoms with Gasteiger partial charge in [0, 0.05) is 20.7 Å². The maximum Gasteiger partial charge on any atom is 0.157 e. The largest absolute Gasteiger partial charge is 0.390 e. The summed E-state index contributed by atoms with van der Waals surface area (Å²) >= 11 is 0. The van der Waals surface area contributed by atoms with Crippen LogP contribution in [0.15, 0.2) is 0 Å². The molecule has 0 amide bonds. The zero-order valence-electron chi connectivity index (χ0n) is 14.5. The molecule has 1 fully saturated rings. The first kappa shape index (κ1) is 5.83. The van der Waals surface area contributed by atoms with Crippen molar-refractivity contribution in [2.45, 2.75) is 51.8 Å². The van der Waals surface area contributed by atoms with Gasteiger partial charge in [-0.2, -0.15) is 0 Å². The number of ether oxygens (including phenoxy) is 2. The van der Waals surface area contributed by atoms with E-state index in [0.717, 1.165) is 12.8 Å². The first-order chi connectivity index (χ1) is 9.00. The summed E-state index contributed by atoms with van der Waals surface area (Å²) in [5, 5.41) is 10.2. The predicted molar refractivity (Wildman–Crippen MR) is 55.0 cm³/mol. The van der Waals surface area contributed by atoms with Crippen molar-refractivity contribution in [3.05, 3.63) is 0 Å². The number of hydrogen-bond acceptors (Lipinski definition) is 3. The van der Waals surface area contributed by atoms with Crippen molar-refractivity contribution in [3.63, 3.8) is 0 Å². The molecule has 2 atom stereocenters. The van der Waals surface area contributed by atoms with Crippen LogP contribution in [0.4, 0.5) is 0 Å². The molecule has 0 aromatic heterocycles. The summed E-state index contributed by atoms with van der Waals surface area (Å²) in [6.45, 7) is -4.29. The van der Waals surface area contributed by atoms with E-state index in [0.29, 0.717) is 13.0 Å². The number of aliphatic hydroxyl groups is 1. The van der Waals surface area contributed by atoms with Crippen LogP contribution in [0.25, 0.3) is 0 Å². The van der Waals surface area contributed by atoms with Gasteiger partial charge in [-0.1, -0.05) is 6.92 Å². The summed E-state index contributed by atoms with van der Waals surface area (Å²) in [6, 6.07) is 0. The predicted octanol–water partition coefficient (Wildman–Crippen LogP) is 1.94. The summed E-state index contributed by atoms with van der Waals surface area (Å²) in [7, 11) is 0. The van der Waals surface area contributed by atoms with Crippen molar-refractivity contribution < 1.29 is 22.8 Å². The van der Waals surface area contributed by atoms with Gasteiger partial charge in [-0.3, -0.25) is 0 Å². The molecule has 0 aromatic carbocycles. The van der Waals surface area contributed by atoms with Crippen LogP contribution in [0.2, 0.25) is 0 Å². The zero-order valence-corrected chi connectivity index (χ0v) is 8.45. The second-order valence-electron chi connectivity index (χ2n) is 3.80. The average Bonchev–Trinajstić information content (AvgIpc) is 2.33. The van der Waals surface area contributed by atoms with Gasteiger partial charge >= 0.3 is 0 Å². The SMILES string of the molecule is [2H]C([2H])([2H])C(O)([C@@H](C)COC1CCCCO1)C([2H])([2H])[2H]. The van der Waals surface area contributed by atoms with Crippen molar-refractivity contribution in [2.75, 3.05) is 13.2 Å². The molecule has 0 radical (unpaired) electrons. The third-order valence-electron chi connectivity index (χ3n) is 2.38. The van der Waals surface area contributed by atoms with Gasteiger partial charge in [0.05, 0.1) is 12.2 Å². The van der Waals surface area contributed by atoms with Crippen LogP contribution in [0, 0.1) is 5.92 Å². The molecular formula is C11H22O3. The van der Waals surface area contributed by atoms with Crippen LogP contribution < -0.4 is 0 Å². The Morgan fingerprint density at radius 1 is 1.64 bits per heavy atom. The monoisotopic (exact) mass is 208 g/mol. The fourth-order valence-corrected chi connectivity index (χ4v) is 1.21.